The van der Waals surface area contributed by atoms with Crippen LogP contribution in [0.3, 0.4) is 0 Å². The van der Waals surface area contributed by atoms with Crippen LogP contribution in [0.2, 0.25) is 5.02 Å². The minimum absolute atomic E-state index is 0.0437. The van der Waals surface area contributed by atoms with E-state index in [1.54, 1.807) is 6.07 Å². The van der Waals surface area contributed by atoms with E-state index in [4.69, 9.17) is 16.7 Å². The van der Waals surface area contributed by atoms with Gasteiger partial charge >= 0.3 is 5.97 Å². The average Bonchev–Trinajstić information content (AvgIpc) is 2.34. The number of amides is 1. The van der Waals surface area contributed by atoms with Crippen molar-refractivity contribution in [1.29, 1.82) is 0 Å². The Bertz CT molecular complexity index is 437. The van der Waals surface area contributed by atoms with Crippen molar-refractivity contribution in [1.82, 2.24) is 10.6 Å². The molecule has 0 aliphatic carbocycles. The van der Waals surface area contributed by atoms with Crippen molar-refractivity contribution in [3.05, 3.63) is 34.9 Å². The minimum Gasteiger partial charge on any atom is -0.480 e. The van der Waals surface area contributed by atoms with Gasteiger partial charge in [-0.25, -0.2) is 0 Å². The first kappa shape index (κ1) is 14.5. The summed E-state index contributed by atoms with van der Waals surface area (Å²) in [5, 5.41) is 14.5. The molecule has 0 bridgehead atoms. The summed E-state index contributed by atoms with van der Waals surface area (Å²) < 4.78 is 0. The highest BCUT2D eigenvalue weighted by atomic mass is 35.5. The maximum atomic E-state index is 11.4. The van der Waals surface area contributed by atoms with E-state index in [1.165, 1.54) is 6.92 Å². The van der Waals surface area contributed by atoms with Crippen molar-refractivity contribution in [2.45, 2.75) is 19.5 Å². The molecule has 0 saturated heterocycles. The predicted octanol–water partition coefficient (Wildman–Crippen LogP) is 1.02. The highest BCUT2D eigenvalue weighted by Gasteiger charge is 2.11. The summed E-state index contributed by atoms with van der Waals surface area (Å²) >= 11 is 5.93. The number of hydrogen-bond donors (Lipinski definition) is 3. The highest BCUT2D eigenvalue weighted by Crippen LogP contribution is 2.13. The molecule has 0 heterocycles. The lowest BCUT2D eigenvalue weighted by Gasteiger charge is -2.10. The molecule has 1 atom stereocenters. The third kappa shape index (κ3) is 4.73. The van der Waals surface area contributed by atoms with Gasteiger partial charge in [-0.1, -0.05) is 29.8 Å². The van der Waals surface area contributed by atoms with Crippen LogP contribution < -0.4 is 10.6 Å². The van der Waals surface area contributed by atoms with Crippen LogP contribution in [0.5, 0.6) is 0 Å². The summed E-state index contributed by atoms with van der Waals surface area (Å²) in [4.78, 5) is 22.0. The number of carbonyl (C=O) groups excluding carboxylic acids is 1. The molecule has 1 aromatic rings. The van der Waals surface area contributed by atoms with E-state index in [0.29, 0.717) is 11.6 Å². The Morgan fingerprint density at radius 1 is 1.39 bits per heavy atom. The van der Waals surface area contributed by atoms with Gasteiger partial charge in [-0.15, -0.1) is 0 Å². The van der Waals surface area contributed by atoms with E-state index in [-0.39, 0.29) is 12.5 Å². The molecule has 0 saturated carbocycles. The lowest BCUT2D eigenvalue weighted by molar-refractivity contribution is -0.139. The Balaban J connectivity index is 2.34. The average molecular weight is 271 g/mol. The first-order valence-corrected chi connectivity index (χ1v) is 5.85. The summed E-state index contributed by atoms with van der Waals surface area (Å²) in [6.45, 7) is 1.75. The van der Waals surface area contributed by atoms with Crippen molar-refractivity contribution in [3.8, 4) is 0 Å². The Hall–Kier alpha value is -1.59. The number of halogens is 1. The van der Waals surface area contributed by atoms with Gasteiger partial charge in [0.15, 0.2) is 0 Å². The van der Waals surface area contributed by atoms with Crippen molar-refractivity contribution < 1.29 is 14.7 Å². The summed E-state index contributed by atoms with van der Waals surface area (Å²) in [7, 11) is 0. The lowest BCUT2D eigenvalue weighted by atomic mass is 10.2. The Morgan fingerprint density at radius 2 is 2.06 bits per heavy atom. The van der Waals surface area contributed by atoms with Gasteiger partial charge in [0.25, 0.3) is 0 Å². The molecule has 6 heteroatoms. The van der Waals surface area contributed by atoms with Crippen molar-refractivity contribution >= 4 is 23.5 Å². The van der Waals surface area contributed by atoms with Crippen molar-refractivity contribution in [2.24, 2.45) is 0 Å². The molecule has 0 aliphatic heterocycles. The fourth-order valence-corrected chi connectivity index (χ4v) is 1.43. The number of carboxylic acid groups (broad SMARTS) is 1. The smallest absolute Gasteiger partial charge is 0.320 e. The third-order valence-electron chi connectivity index (χ3n) is 2.37. The van der Waals surface area contributed by atoms with Gasteiger partial charge in [0, 0.05) is 11.6 Å². The number of rotatable bonds is 6. The normalized spacial score (nSPS) is 11.9. The number of hydrogen-bond acceptors (Lipinski definition) is 3. The SMILES string of the molecule is C[C@H](NCC(=O)NCc1ccccc1Cl)C(=O)O. The van der Waals surface area contributed by atoms with E-state index in [2.05, 4.69) is 10.6 Å². The Morgan fingerprint density at radius 3 is 2.67 bits per heavy atom. The summed E-state index contributed by atoms with van der Waals surface area (Å²) in [5.74, 6) is -1.27. The number of nitrogens with one attached hydrogen (secondary N) is 2. The highest BCUT2D eigenvalue weighted by molar-refractivity contribution is 6.31. The molecule has 3 N–H and O–H groups in total. The monoisotopic (exact) mass is 270 g/mol. The van der Waals surface area contributed by atoms with Gasteiger partial charge in [0.1, 0.15) is 6.04 Å². The van der Waals surface area contributed by atoms with E-state index in [0.717, 1.165) is 5.56 Å². The van der Waals surface area contributed by atoms with Crippen LogP contribution in [0.15, 0.2) is 24.3 Å². The zero-order valence-electron chi connectivity index (χ0n) is 9.94. The first-order valence-electron chi connectivity index (χ1n) is 5.47. The molecule has 0 aromatic heterocycles. The molecule has 98 valence electrons. The number of carbonyl (C=O) groups is 2. The van der Waals surface area contributed by atoms with Crippen LogP contribution in [0.1, 0.15) is 12.5 Å². The van der Waals surface area contributed by atoms with Crippen LogP contribution >= 0.6 is 11.6 Å². The molecule has 1 aromatic carbocycles. The third-order valence-corrected chi connectivity index (χ3v) is 2.74. The van der Waals surface area contributed by atoms with Gasteiger partial charge in [-0.3, -0.25) is 14.9 Å². The molecule has 0 aliphatic rings. The molecule has 0 radical (unpaired) electrons. The number of carboxylic acids is 1. The molecule has 0 fully saturated rings. The van der Waals surface area contributed by atoms with Crippen molar-refractivity contribution in [2.75, 3.05) is 6.54 Å². The van der Waals surface area contributed by atoms with Crippen LogP contribution in [0.4, 0.5) is 0 Å². The Labute approximate surface area is 110 Å². The van der Waals surface area contributed by atoms with Gasteiger partial charge in [0.2, 0.25) is 5.91 Å². The van der Waals surface area contributed by atoms with Gasteiger partial charge in [-0.05, 0) is 18.6 Å². The fourth-order valence-electron chi connectivity index (χ4n) is 1.23. The van der Waals surface area contributed by atoms with E-state index >= 15 is 0 Å². The van der Waals surface area contributed by atoms with Gasteiger partial charge in [-0.2, -0.15) is 0 Å². The maximum Gasteiger partial charge on any atom is 0.320 e. The second-order valence-corrected chi connectivity index (χ2v) is 4.22. The number of benzene rings is 1. The standard InChI is InChI=1S/C12H15ClN2O3/c1-8(12(17)18)14-7-11(16)15-6-9-4-2-3-5-10(9)13/h2-5,8,14H,6-7H2,1H3,(H,15,16)(H,17,18)/t8-/m0/s1. The van der Waals surface area contributed by atoms with E-state index < -0.39 is 12.0 Å². The summed E-state index contributed by atoms with van der Waals surface area (Å²) in [6.07, 6.45) is 0. The minimum atomic E-state index is -0.992. The van der Waals surface area contributed by atoms with Crippen LogP contribution in [-0.2, 0) is 16.1 Å². The van der Waals surface area contributed by atoms with E-state index in [9.17, 15) is 9.59 Å². The van der Waals surface area contributed by atoms with Gasteiger partial charge < -0.3 is 10.4 Å². The molecular formula is C12H15ClN2O3. The topological polar surface area (TPSA) is 78.4 Å². The molecule has 0 spiro atoms. The fraction of sp³-hybridized carbons (Fsp3) is 0.333. The summed E-state index contributed by atoms with van der Waals surface area (Å²) in [5.41, 5.74) is 0.818. The van der Waals surface area contributed by atoms with Gasteiger partial charge in [0.05, 0.1) is 6.54 Å². The molecule has 0 unspecified atom stereocenters. The van der Waals surface area contributed by atoms with Crippen molar-refractivity contribution in [3.63, 3.8) is 0 Å². The molecule has 1 rings (SSSR count). The van der Waals surface area contributed by atoms with Crippen LogP contribution in [-0.4, -0.2) is 29.6 Å². The van der Waals surface area contributed by atoms with Crippen LogP contribution in [0.25, 0.3) is 0 Å². The Kier molecular flexibility index (Phi) is 5.61. The molecular weight excluding hydrogens is 256 g/mol. The lowest BCUT2D eigenvalue weighted by Crippen LogP contribution is -2.41. The summed E-state index contributed by atoms with van der Waals surface area (Å²) in [6, 6.07) is 6.45. The van der Waals surface area contributed by atoms with E-state index in [1.807, 2.05) is 18.2 Å². The molecule has 1 amide bonds. The predicted molar refractivity (Wildman–Crippen MR) is 68.4 cm³/mol. The van der Waals surface area contributed by atoms with Crippen LogP contribution in [0, 0.1) is 0 Å². The quantitative estimate of drug-likeness (QED) is 0.721. The second-order valence-electron chi connectivity index (χ2n) is 3.81. The number of aliphatic carboxylic acids is 1. The zero-order chi connectivity index (χ0) is 13.5. The largest absolute Gasteiger partial charge is 0.480 e. The molecule has 18 heavy (non-hydrogen) atoms. The molecule has 5 nitrogen and oxygen atoms in total. The zero-order valence-corrected chi connectivity index (χ0v) is 10.7. The first-order chi connectivity index (χ1) is 8.50. The maximum absolute atomic E-state index is 11.4. The second kappa shape index (κ2) is 6.98.